The molecule has 29 heavy (non-hydrogen) atoms. The number of ether oxygens (including phenoxy) is 1. The first-order chi connectivity index (χ1) is 14.3. The van der Waals surface area contributed by atoms with E-state index in [1.54, 1.807) is 0 Å². The zero-order valence-electron chi connectivity index (χ0n) is 15.9. The minimum atomic E-state index is 0.240. The van der Waals surface area contributed by atoms with Crippen molar-refractivity contribution >= 4 is 23.1 Å². The molecule has 2 aromatic heterocycles. The SMILES string of the molecule is Clc1ccc(-c2cnn3c(NCC4CCCO4)cc(-c4ccccc4)nc23)cc1. The first kappa shape index (κ1) is 18.2. The second-order valence-electron chi connectivity index (χ2n) is 7.21. The summed E-state index contributed by atoms with van der Waals surface area (Å²) in [6, 6.07) is 20.0. The van der Waals surface area contributed by atoms with E-state index in [2.05, 4.69) is 28.6 Å². The van der Waals surface area contributed by atoms with E-state index in [0.717, 1.165) is 59.8 Å². The van der Waals surface area contributed by atoms with E-state index in [1.165, 1.54) is 0 Å². The van der Waals surface area contributed by atoms with Gasteiger partial charge in [-0.15, -0.1) is 0 Å². The highest BCUT2D eigenvalue weighted by Crippen LogP contribution is 2.29. The Bertz CT molecular complexity index is 1120. The van der Waals surface area contributed by atoms with Crippen LogP contribution in [0.4, 0.5) is 5.82 Å². The topological polar surface area (TPSA) is 51.5 Å². The van der Waals surface area contributed by atoms with Gasteiger partial charge in [-0.3, -0.25) is 0 Å². The van der Waals surface area contributed by atoms with Crippen LogP contribution in [0.1, 0.15) is 12.8 Å². The zero-order valence-corrected chi connectivity index (χ0v) is 16.6. The van der Waals surface area contributed by atoms with Gasteiger partial charge in [-0.2, -0.15) is 9.61 Å². The third-order valence-electron chi connectivity index (χ3n) is 5.23. The maximum absolute atomic E-state index is 6.07. The molecule has 1 aliphatic heterocycles. The average Bonchev–Trinajstić information content (AvgIpc) is 3.43. The highest BCUT2D eigenvalue weighted by atomic mass is 35.5. The van der Waals surface area contributed by atoms with Crippen LogP contribution in [-0.4, -0.2) is 33.9 Å². The van der Waals surface area contributed by atoms with Gasteiger partial charge in [0.15, 0.2) is 5.65 Å². The number of rotatable bonds is 5. The van der Waals surface area contributed by atoms with E-state index in [-0.39, 0.29) is 6.10 Å². The number of aromatic nitrogens is 3. The van der Waals surface area contributed by atoms with Gasteiger partial charge < -0.3 is 10.1 Å². The van der Waals surface area contributed by atoms with Crippen LogP contribution in [0.25, 0.3) is 28.0 Å². The van der Waals surface area contributed by atoms with E-state index in [1.807, 2.05) is 53.2 Å². The Balaban J connectivity index is 1.60. The third kappa shape index (κ3) is 3.71. The highest BCUT2D eigenvalue weighted by Gasteiger charge is 2.18. The van der Waals surface area contributed by atoms with Crippen LogP contribution in [0.3, 0.4) is 0 Å². The van der Waals surface area contributed by atoms with E-state index in [4.69, 9.17) is 21.3 Å². The fourth-order valence-corrected chi connectivity index (χ4v) is 3.83. The van der Waals surface area contributed by atoms with Crippen molar-refractivity contribution in [2.75, 3.05) is 18.5 Å². The lowest BCUT2D eigenvalue weighted by molar-refractivity contribution is 0.120. The summed E-state index contributed by atoms with van der Waals surface area (Å²) >= 11 is 6.07. The molecule has 0 saturated carbocycles. The summed E-state index contributed by atoms with van der Waals surface area (Å²) in [6.07, 6.45) is 4.31. The first-order valence-electron chi connectivity index (χ1n) is 9.83. The average molecular weight is 405 g/mol. The van der Waals surface area contributed by atoms with Crippen molar-refractivity contribution in [1.29, 1.82) is 0 Å². The van der Waals surface area contributed by atoms with E-state index in [9.17, 15) is 0 Å². The minimum Gasteiger partial charge on any atom is -0.376 e. The lowest BCUT2D eigenvalue weighted by Crippen LogP contribution is -2.20. The minimum absolute atomic E-state index is 0.240. The fourth-order valence-electron chi connectivity index (χ4n) is 3.70. The van der Waals surface area contributed by atoms with E-state index >= 15 is 0 Å². The zero-order chi connectivity index (χ0) is 19.6. The van der Waals surface area contributed by atoms with Crippen LogP contribution in [0.15, 0.2) is 66.9 Å². The lowest BCUT2D eigenvalue weighted by atomic mass is 10.1. The standard InChI is InChI=1S/C23H21ClN4O/c24-18-10-8-16(9-11-18)20-15-26-28-22(25-14-19-7-4-12-29-19)13-21(27-23(20)28)17-5-2-1-3-6-17/h1-3,5-6,8-11,13,15,19,25H,4,7,12,14H2. The van der Waals surface area contributed by atoms with Crippen molar-refractivity contribution in [2.24, 2.45) is 0 Å². The Labute approximate surface area is 174 Å². The van der Waals surface area contributed by atoms with Gasteiger partial charge in [0.2, 0.25) is 0 Å². The normalized spacial score (nSPS) is 16.4. The van der Waals surface area contributed by atoms with Crippen LogP contribution in [-0.2, 0) is 4.74 Å². The summed E-state index contributed by atoms with van der Waals surface area (Å²) in [7, 11) is 0. The number of fused-ring (bicyclic) bond motifs is 1. The summed E-state index contributed by atoms with van der Waals surface area (Å²) in [6.45, 7) is 1.60. The first-order valence-corrected chi connectivity index (χ1v) is 10.2. The molecule has 1 fully saturated rings. The molecule has 0 bridgehead atoms. The van der Waals surface area contributed by atoms with Crippen molar-refractivity contribution < 1.29 is 4.74 Å². The highest BCUT2D eigenvalue weighted by molar-refractivity contribution is 6.30. The van der Waals surface area contributed by atoms with Crippen LogP contribution < -0.4 is 5.32 Å². The number of hydrogen-bond donors (Lipinski definition) is 1. The van der Waals surface area contributed by atoms with Gasteiger partial charge in [0.25, 0.3) is 0 Å². The van der Waals surface area contributed by atoms with Crippen LogP contribution in [0, 0.1) is 0 Å². The molecule has 1 N–H and O–H groups in total. The molecule has 5 rings (SSSR count). The fraction of sp³-hybridized carbons (Fsp3) is 0.217. The Morgan fingerprint density at radius 2 is 1.90 bits per heavy atom. The summed E-state index contributed by atoms with van der Waals surface area (Å²) in [4.78, 5) is 4.94. The number of nitrogens with zero attached hydrogens (tertiary/aromatic N) is 3. The molecular weight excluding hydrogens is 384 g/mol. The van der Waals surface area contributed by atoms with Crippen molar-refractivity contribution in [1.82, 2.24) is 14.6 Å². The van der Waals surface area contributed by atoms with Crippen LogP contribution in [0.5, 0.6) is 0 Å². The molecule has 5 nitrogen and oxygen atoms in total. The smallest absolute Gasteiger partial charge is 0.165 e. The van der Waals surface area contributed by atoms with E-state index < -0.39 is 0 Å². The van der Waals surface area contributed by atoms with Gasteiger partial charge in [-0.1, -0.05) is 54.1 Å². The third-order valence-corrected chi connectivity index (χ3v) is 5.48. The molecule has 0 aliphatic carbocycles. The Morgan fingerprint density at radius 1 is 1.07 bits per heavy atom. The van der Waals surface area contributed by atoms with Gasteiger partial charge in [-0.05, 0) is 30.5 Å². The summed E-state index contributed by atoms with van der Waals surface area (Å²) in [5.41, 5.74) is 4.79. The molecule has 0 amide bonds. The second kappa shape index (κ2) is 7.85. The number of nitrogens with one attached hydrogen (secondary N) is 1. The molecule has 4 aromatic rings. The maximum atomic E-state index is 6.07. The molecule has 1 saturated heterocycles. The van der Waals surface area contributed by atoms with Crippen molar-refractivity contribution in [3.8, 4) is 22.4 Å². The Morgan fingerprint density at radius 3 is 2.66 bits per heavy atom. The molecule has 1 unspecified atom stereocenters. The van der Waals surface area contributed by atoms with Crippen molar-refractivity contribution in [2.45, 2.75) is 18.9 Å². The van der Waals surface area contributed by atoms with E-state index in [0.29, 0.717) is 5.02 Å². The quantitative estimate of drug-likeness (QED) is 0.490. The second-order valence-corrected chi connectivity index (χ2v) is 7.65. The van der Waals surface area contributed by atoms with Gasteiger partial charge >= 0.3 is 0 Å². The predicted molar refractivity (Wildman–Crippen MR) is 116 cm³/mol. The van der Waals surface area contributed by atoms with Gasteiger partial charge in [0.05, 0.1) is 18.0 Å². The van der Waals surface area contributed by atoms with Crippen LogP contribution >= 0.6 is 11.6 Å². The van der Waals surface area contributed by atoms with Gasteiger partial charge in [0.1, 0.15) is 5.82 Å². The molecule has 6 heteroatoms. The van der Waals surface area contributed by atoms with Gasteiger partial charge in [0, 0.05) is 35.4 Å². The molecule has 0 spiro atoms. The number of anilines is 1. The predicted octanol–water partition coefficient (Wildman–Crippen LogP) is 5.31. The molecule has 0 radical (unpaired) electrons. The van der Waals surface area contributed by atoms with Gasteiger partial charge in [-0.25, -0.2) is 4.98 Å². The number of halogens is 1. The molecular formula is C23H21ClN4O. The maximum Gasteiger partial charge on any atom is 0.165 e. The summed E-state index contributed by atoms with van der Waals surface area (Å²) in [5, 5.41) is 8.85. The Kier molecular flexibility index (Phi) is 4.92. The molecule has 1 atom stereocenters. The Hall–Kier alpha value is -2.89. The summed E-state index contributed by atoms with van der Waals surface area (Å²) in [5.74, 6) is 0.907. The lowest BCUT2D eigenvalue weighted by Gasteiger charge is -2.14. The van der Waals surface area contributed by atoms with Crippen molar-refractivity contribution in [3.63, 3.8) is 0 Å². The molecule has 2 aromatic carbocycles. The molecule has 1 aliphatic rings. The largest absolute Gasteiger partial charge is 0.376 e. The number of hydrogen-bond acceptors (Lipinski definition) is 4. The molecule has 3 heterocycles. The van der Waals surface area contributed by atoms with Crippen LogP contribution in [0.2, 0.25) is 5.02 Å². The monoisotopic (exact) mass is 404 g/mol. The number of benzene rings is 2. The molecule has 146 valence electrons. The summed E-state index contributed by atoms with van der Waals surface area (Å²) < 4.78 is 7.63. The van der Waals surface area contributed by atoms with Crippen molar-refractivity contribution in [3.05, 3.63) is 71.9 Å².